The average molecular weight is 481 g/mol. The first-order valence-corrected chi connectivity index (χ1v) is 11.1. The highest BCUT2D eigenvalue weighted by Crippen LogP contribution is 2.34. The van der Waals surface area contributed by atoms with Crippen LogP contribution in [-0.2, 0) is 28.1 Å². The normalized spacial score (nSPS) is 11.4. The van der Waals surface area contributed by atoms with E-state index in [4.69, 9.17) is 8.94 Å². The molecule has 3 rings (SSSR count). The van der Waals surface area contributed by atoms with Crippen LogP contribution in [0.5, 0.6) is 0 Å². The Morgan fingerprint density at radius 1 is 1.15 bits per heavy atom. The molecule has 11 heteroatoms. The second kappa shape index (κ2) is 10.6. The van der Waals surface area contributed by atoms with Crippen LogP contribution in [0, 0.1) is 13.8 Å². The number of thioether (sulfide) groups is 1. The van der Waals surface area contributed by atoms with Crippen molar-refractivity contribution in [3.8, 4) is 0 Å². The van der Waals surface area contributed by atoms with Crippen LogP contribution < -0.4 is 5.32 Å². The van der Waals surface area contributed by atoms with Crippen LogP contribution in [0.2, 0.25) is 0 Å². The minimum absolute atomic E-state index is 0.00600. The molecular formula is C22H22F3N3O4S. The van der Waals surface area contributed by atoms with Gasteiger partial charge in [-0.25, -0.2) is 0 Å². The summed E-state index contributed by atoms with van der Waals surface area (Å²) in [6.45, 7) is 3.16. The number of carbonyl (C=O) groups excluding carboxylic acids is 2. The van der Waals surface area contributed by atoms with Gasteiger partial charge < -0.3 is 19.2 Å². The first kappa shape index (κ1) is 24.4. The first-order chi connectivity index (χ1) is 15.6. The zero-order valence-corrected chi connectivity index (χ0v) is 18.8. The highest BCUT2D eigenvalue weighted by Gasteiger charge is 2.33. The molecule has 0 aliphatic carbocycles. The molecule has 0 saturated carbocycles. The molecule has 1 aromatic carbocycles. The lowest BCUT2D eigenvalue weighted by molar-refractivity contribution is -0.137. The van der Waals surface area contributed by atoms with Crippen LogP contribution in [0.15, 0.2) is 51.6 Å². The summed E-state index contributed by atoms with van der Waals surface area (Å²) in [6, 6.07) is 7.97. The van der Waals surface area contributed by atoms with E-state index in [-0.39, 0.29) is 23.9 Å². The second-order valence-electron chi connectivity index (χ2n) is 7.22. The van der Waals surface area contributed by atoms with Crippen molar-refractivity contribution in [1.82, 2.24) is 10.1 Å². The molecule has 33 heavy (non-hydrogen) atoms. The fourth-order valence-electron chi connectivity index (χ4n) is 3.06. The van der Waals surface area contributed by atoms with Gasteiger partial charge in [-0.1, -0.05) is 17.3 Å². The predicted molar refractivity (Wildman–Crippen MR) is 116 cm³/mol. The fourth-order valence-corrected chi connectivity index (χ4v) is 4.14. The van der Waals surface area contributed by atoms with Crippen molar-refractivity contribution in [1.29, 1.82) is 0 Å². The van der Waals surface area contributed by atoms with Gasteiger partial charge in [0.2, 0.25) is 11.8 Å². The molecule has 176 valence electrons. The van der Waals surface area contributed by atoms with E-state index in [1.807, 2.05) is 0 Å². The first-order valence-electron chi connectivity index (χ1n) is 9.91. The van der Waals surface area contributed by atoms with Gasteiger partial charge in [-0.2, -0.15) is 13.2 Å². The van der Waals surface area contributed by atoms with Gasteiger partial charge in [0.15, 0.2) is 0 Å². The van der Waals surface area contributed by atoms with Crippen molar-refractivity contribution in [3.63, 3.8) is 0 Å². The summed E-state index contributed by atoms with van der Waals surface area (Å²) in [4.78, 5) is 26.6. The van der Waals surface area contributed by atoms with Crippen LogP contribution in [0.1, 0.15) is 28.3 Å². The summed E-state index contributed by atoms with van der Waals surface area (Å²) in [5, 5.41) is 6.14. The number of nitrogens with zero attached hydrogens (tertiary/aromatic N) is 2. The summed E-state index contributed by atoms with van der Waals surface area (Å²) in [5.41, 5.74) is 0.306. The standard InChI is InChI=1S/C22H22F3N3O4S/c1-14-17(15(2)32-27-14)12-33-13-21(30)28(10-16-6-5-9-31-16)11-20(29)26-19-8-4-3-7-18(19)22(23,24)25/h3-9H,10-13H2,1-2H3,(H,26,29). The zero-order chi connectivity index (χ0) is 24.0. The number of carbonyl (C=O) groups is 2. The molecule has 1 N–H and O–H groups in total. The highest BCUT2D eigenvalue weighted by atomic mass is 32.2. The Morgan fingerprint density at radius 2 is 1.91 bits per heavy atom. The maximum atomic E-state index is 13.2. The van der Waals surface area contributed by atoms with E-state index in [1.54, 1.807) is 26.0 Å². The van der Waals surface area contributed by atoms with Gasteiger partial charge in [-0.05, 0) is 38.1 Å². The quantitative estimate of drug-likeness (QED) is 0.472. The van der Waals surface area contributed by atoms with Crippen molar-refractivity contribution in [2.45, 2.75) is 32.3 Å². The Labute approximate surface area is 192 Å². The number of anilines is 1. The number of nitrogens with one attached hydrogen (secondary N) is 1. The van der Waals surface area contributed by atoms with E-state index in [0.717, 1.165) is 17.3 Å². The lowest BCUT2D eigenvalue weighted by Gasteiger charge is -2.22. The van der Waals surface area contributed by atoms with Gasteiger partial charge in [0.1, 0.15) is 18.1 Å². The second-order valence-corrected chi connectivity index (χ2v) is 8.20. The predicted octanol–water partition coefficient (Wildman–Crippen LogP) is 4.80. The number of aromatic nitrogens is 1. The Balaban J connectivity index is 1.66. The lowest BCUT2D eigenvalue weighted by Crippen LogP contribution is -2.38. The van der Waals surface area contributed by atoms with Gasteiger partial charge in [-0.15, -0.1) is 11.8 Å². The minimum Gasteiger partial charge on any atom is -0.467 e. The van der Waals surface area contributed by atoms with Gasteiger partial charge in [0.25, 0.3) is 0 Å². The SMILES string of the molecule is Cc1noc(C)c1CSCC(=O)N(CC(=O)Nc1ccccc1C(F)(F)F)Cc1ccco1. The molecule has 2 amide bonds. The number of hydrogen-bond acceptors (Lipinski definition) is 6. The third-order valence-electron chi connectivity index (χ3n) is 4.77. The van der Waals surface area contributed by atoms with Gasteiger partial charge in [0, 0.05) is 11.3 Å². The summed E-state index contributed by atoms with van der Waals surface area (Å²) in [5.74, 6) is 0.555. The number of alkyl halides is 3. The van der Waals surface area contributed by atoms with Crippen molar-refractivity contribution >= 4 is 29.3 Å². The average Bonchev–Trinajstić information content (AvgIpc) is 3.37. The van der Waals surface area contributed by atoms with Crippen LogP contribution in [-0.4, -0.2) is 34.2 Å². The molecule has 0 radical (unpaired) electrons. The number of hydrogen-bond donors (Lipinski definition) is 1. The molecule has 0 fully saturated rings. The monoisotopic (exact) mass is 481 g/mol. The Morgan fingerprint density at radius 3 is 2.55 bits per heavy atom. The molecule has 2 aromatic heterocycles. The third-order valence-corrected chi connectivity index (χ3v) is 5.72. The van der Waals surface area contributed by atoms with Gasteiger partial charge in [-0.3, -0.25) is 9.59 Å². The van der Waals surface area contributed by atoms with Gasteiger partial charge >= 0.3 is 6.18 Å². The Kier molecular flexibility index (Phi) is 7.85. The molecule has 0 unspecified atom stereocenters. The van der Waals surface area contributed by atoms with Crippen LogP contribution in [0.3, 0.4) is 0 Å². The van der Waals surface area contributed by atoms with Crippen LogP contribution >= 0.6 is 11.8 Å². The lowest BCUT2D eigenvalue weighted by atomic mass is 10.1. The van der Waals surface area contributed by atoms with Gasteiger partial charge in [0.05, 0.1) is 35.5 Å². The van der Waals surface area contributed by atoms with E-state index in [2.05, 4.69) is 10.5 Å². The number of aryl methyl sites for hydroxylation is 2. The number of amides is 2. The van der Waals surface area contributed by atoms with Crippen molar-refractivity contribution in [3.05, 3.63) is 71.0 Å². The third kappa shape index (κ3) is 6.64. The summed E-state index contributed by atoms with van der Waals surface area (Å²) in [6.07, 6.45) is -3.19. The molecule has 0 atom stereocenters. The molecule has 0 bridgehead atoms. The number of halogens is 3. The van der Waals surface area contributed by atoms with E-state index in [9.17, 15) is 22.8 Å². The summed E-state index contributed by atoms with van der Waals surface area (Å²) < 4.78 is 50.0. The number of furan rings is 1. The van der Waals surface area contributed by atoms with Crippen molar-refractivity contribution in [2.24, 2.45) is 0 Å². The summed E-state index contributed by atoms with van der Waals surface area (Å²) in [7, 11) is 0. The molecule has 2 heterocycles. The number of para-hydroxylation sites is 1. The van der Waals surface area contributed by atoms with E-state index in [1.165, 1.54) is 41.1 Å². The Bertz CT molecular complexity index is 1080. The molecule has 0 aliphatic heterocycles. The minimum atomic E-state index is -4.62. The Hall–Kier alpha value is -3.21. The fraction of sp³-hybridized carbons (Fsp3) is 0.318. The summed E-state index contributed by atoms with van der Waals surface area (Å²) >= 11 is 1.32. The van der Waals surface area contributed by atoms with Crippen molar-refractivity contribution < 1.29 is 31.7 Å². The van der Waals surface area contributed by atoms with E-state index < -0.39 is 24.2 Å². The molecule has 0 spiro atoms. The smallest absolute Gasteiger partial charge is 0.418 e. The molecular weight excluding hydrogens is 459 g/mol. The zero-order valence-electron chi connectivity index (χ0n) is 17.9. The molecule has 0 saturated heterocycles. The van der Waals surface area contributed by atoms with E-state index >= 15 is 0 Å². The molecule has 3 aromatic rings. The number of benzene rings is 1. The van der Waals surface area contributed by atoms with Crippen LogP contribution in [0.25, 0.3) is 0 Å². The van der Waals surface area contributed by atoms with E-state index in [0.29, 0.717) is 17.3 Å². The maximum Gasteiger partial charge on any atom is 0.418 e. The largest absolute Gasteiger partial charge is 0.467 e. The highest BCUT2D eigenvalue weighted by molar-refractivity contribution is 7.99. The maximum absolute atomic E-state index is 13.2. The number of rotatable bonds is 9. The van der Waals surface area contributed by atoms with Crippen LogP contribution in [0.4, 0.5) is 18.9 Å². The topological polar surface area (TPSA) is 88.6 Å². The molecule has 0 aliphatic rings. The molecule has 7 nitrogen and oxygen atoms in total. The van der Waals surface area contributed by atoms with Crippen molar-refractivity contribution in [2.75, 3.05) is 17.6 Å².